The summed E-state index contributed by atoms with van der Waals surface area (Å²) in [6.07, 6.45) is 3.39. The number of aldehydes is 1. The highest BCUT2D eigenvalue weighted by molar-refractivity contribution is 7.20. The number of thiophene rings is 1. The van der Waals surface area contributed by atoms with Gasteiger partial charge in [0.15, 0.2) is 6.29 Å². The van der Waals surface area contributed by atoms with Crippen molar-refractivity contribution in [3.05, 3.63) is 29.1 Å². The second-order valence-electron chi connectivity index (χ2n) is 8.39. The lowest BCUT2D eigenvalue weighted by Gasteiger charge is -2.27. The summed E-state index contributed by atoms with van der Waals surface area (Å²) in [7, 11) is 0. The van der Waals surface area contributed by atoms with Crippen molar-refractivity contribution in [3.63, 3.8) is 0 Å². The molecule has 1 amide bonds. The normalized spacial score (nSPS) is 12.9. The maximum Gasteiger partial charge on any atom is 0.227 e. The first-order chi connectivity index (χ1) is 12.7. The van der Waals surface area contributed by atoms with Crippen LogP contribution in [0.3, 0.4) is 0 Å². The van der Waals surface area contributed by atoms with Crippen LogP contribution in [0.2, 0.25) is 0 Å². The fraction of sp³-hybridized carbons (Fsp3) is 0.545. The van der Waals surface area contributed by atoms with E-state index in [9.17, 15) is 9.59 Å². The Morgan fingerprint density at radius 2 is 2.04 bits per heavy atom. The van der Waals surface area contributed by atoms with Gasteiger partial charge in [0.05, 0.1) is 4.88 Å². The number of anilines is 1. The van der Waals surface area contributed by atoms with Crippen molar-refractivity contribution in [2.24, 2.45) is 5.41 Å². The Kier molecular flexibility index (Phi) is 7.57. The third-order valence-corrected chi connectivity index (χ3v) is 5.63. The van der Waals surface area contributed by atoms with Gasteiger partial charge in [0.1, 0.15) is 0 Å². The summed E-state index contributed by atoms with van der Waals surface area (Å²) in [5.41, 5.74) is 0.858. The standard InChI is InChI=1S/C22H32N2O2S/c1-6-16(2)23-10-7-11-24(21(26)14-22(3,4)5)18-8-9-20-17(12-18)13-19(15-25)27-20/h8-9,12-13,15-16,23H,6-7,10-11,14H2,1-5H3. The molecule has 0 aliphatic heterocycles. The summed E-state index contributed by atoms with van der Waals surface area (Å²) in [5.74, 6) is 0.149. The van der Waals surface area contributed by atoms with E-state index in [2.05, 4.69) is 39.9 Å². The monoisotopic (exact) mass is 388 g/mol. The Bertz CT molecular complexity index is 776. The highest BCUT2D eigenvalue weighted by Crippen LogP contribution is 2.30. The fourth-order valence-corrected chi connectivity index (χ4v) is 3.81. The van der Waals surface area contributed by atoms with Crippen LogP contribution in [0, 0.1) is 5.41 Å². The summed E-state index contributed by atoms with van der Waals surface area (Å²) < 4.78 is 1.07. The van der Waals surface area contributed by atoms with E-state index in [1.165, 1.54) is 11.3 Å². The van der Waals surface area contributed by atoms with E-state index in [0.29, 0.717) is 23.9 Å². The van der Waals surface area contributed by atoms with Crippen LogP contribution >= 0.6 is 11.3 Å². The molecule has 1 aromatic heterocycles. The Hall–Kier alpha value is -1.72. The van der Waals surface area contributed by atoms with Gasteiger partial charge in [-0.15, -0.1) is 11.3 Å². The molecule has 0 fully saturated rings. The second kappa shape index (κ2) is 9.47. The van der Waals surface area contributed by atoms with Crippen LogP contribution in [0.5, 0.6) is 0 Å². The molecule has 0 saturated carbocycles. The SMILES string of the molecule is CCC(C)NCCCN(C(=O)CC(C)(C)C)c1ccc2sc(C=O)cc2c1. The van der Waals surface area contributed by atoms with Crippen LogP contribution in [-0.2, 0) is 4.79 Å². The Morgan fingerprint density at radius 3 is 2.67 bits per heavy atom. The van der Waals surface area contributed by atoms with Crippen molar-refractivity contribution in [2.75, 3.05) is 18.0 Å². The molecule has 0 bridgehead atoms. The zero-order valence-electron chi connectivity index (χ0n) is 17.2. The molecule has 1 aromatic carbocycles. The number of nitrogens with one attached hydrogen (secondary N) is 1. The number of carbonyl (C=O) groups excluding carboxylic acids is 2. The van der Waals surface area contributed by atoms with Gasteiger partial charge in [-0.05, 0) is 61.4 Å². The maximum absolute atomic E-state index is 13.0. The molecular weight excluding hydrogens is 356 g/mol. The van der Waals surface area contributed by atoms with E-state index in [1.54, 1.807) is 0 Å². The molecule has 4 nitrogen and oxygen atoms in total. The molecule has 2 aromatic rings. The smallest absolute Gasteiger partial charge is 0.227 e. The molecule has 1 heterocycles. The van der Waals surface area contributed by atoms with E-state index < -0.39 is 0 Å². The molecule has 0 spiro atoms. The van der Waals surface area contributed by atoms with E-state index >= 15 is 0 Å². The topological polar surface area (TPSA) is 49.4 Å². The van der Waals surface area contributed by atoms with E-state index in [4.69, 9.17) is 0 Å². The van der Waals surface area contributed by atoms with Gasteiger partial charge in [0, 0.05) is 29.4 Å². The van der Waals surface area contributed by atoms with E-state index in [0.717, 1.165) is 41.4 Å². The average Bonchev–Trinajstić information content (AvgIpc) is 3.02. The van der Waals surface area contributed by atoms with Gasteiger partial charge in [-0.2, -0.15) is 0 Å². The van der Waals surface area contributed by atoms with Gasteiger partial charge in [0.2, 0.25) is 5.91 Å². The van der Waals surface area contributed by atoms with Crippen molar-refractivity contribution >= 4 is 39.3 Å². The Balaban J connectivity index is 2.19. The molecule has 1 N–H and O–H groups in total. The summed E-state index contributed by atoms with van der Waals surface area (Å²) in [5, 5.41) is 4.51. The summed E-state index contributed by atoms with van der Waals surface area (Å²) in [6.45, 7) is 12.2. The first kappa shape index (κ1) is 21.6. The number of benzene rings is 1. The lowest BCUT2D eigenvalue weighted by Crippen LogP contribution is -2.36. The lowest BCUT2D eigenvalue weighted by molar-refractivity contribution is -0.120. The number of rotatable bonds is 9. The lowest BCUT2D eigenvalue weighted by atomic mass is 9.91. The molecular formula is C22H32N2O2S. The number of fused-ring (bicyclic) bond motifs is 1. The quantitative estimate of drug-likeness (QED) is 0.471. The van der Waals surface area contributed by atoms with Crippen LogP contribution in [0.1, 0.15) is 63.6 Å². The van der Waals surface area contributed by atoms with Gasteiger partial charge in [-0.1, -0.05) is 27.7 Å². The molecule has 0 aliphatic carbocycles. The highest BCUT2D eigenvalue weighted by Gasteiger charge is 2.22. The molecule has 27 heavy (non-hydrogen) atoms. The first-order valence-corrected chi connectivity index (χ1v) is 10.6. The summed E-state index contributed by atoms with van der Waals surface area (Å²) in [6, 6.07) is 8.43. The number of carbonyl (C=O) groups is 2. The van der Waals surface area contributed by atoms with Gasteiger partial charge >= 0.3 is 0 Å². The summed E-state index contributed by atoms with van der Waals surface area (Å²) in [4.78, 5) is 26.7. The zero-order valence-corrected chi connectivity index (χ0v) is 18.0. The molecule has 1 atom stereocenters. The van der Waals surface area contributed by atoms with Gasteiger partial charge < -0.3 is 10.2 Å². The molecule has 0 radical (unpaired) electrons. The number of amides is 1. The summed E-state index contributed by atoms with van der Waals surface area (Å²) >= 11 is 1.48. The van der Waals surface area contributed by atoms with Crippen molar-refractivity contribution in [1.82, 2.24) is 5.32 Å². The Morgan fingerprint density at radius 1 is 1.30 bits per heavy atom. The fourth-order valence-electron chi connectivity index (χ4n) is 2.95. The van der Waals surface area contributed by atoms with Crippen LogP contribution in [-0.4, -0.2) is 31.3 Å². The van der Waals surface area contributed by atoms with Crippen LogP contribution in [0.25, 0.3) is 10.1 Å². The Labute approximate surface area is 166 Å². The molecule has 0 saturated heterocycles. The predicted molar refractivity (Wildman–Crippen MR) is 116 cm³/mol. The van der Waals surface area contributed by atoms with Crippen molar-refractivity contribution in [2.45, 2.75) is 59.9 Å². The molecule has 1 unspecified atom stereocenters. The van der Waals surface area contributed by atoms with Crippen molar-refractivity contribution in [1.29, 1.82) is 0 Å². The van der Waals surface area contributed by atoms with Crippen LogP contribution in [0.4, 0.5) is 5.69 Å². The minimum atomic E-state index is -0.0541. The molecule has 148 valence electrons. The molecule has 5 heteroatoms. The molecule has 0 aliphatic rings. The predicted octanol–water partition coefficient (Wildman–Crippen LogP) is 5.26. The number of hydrogen-bond acceptors (Lipinski definition) is 4. The highest BCUT2D eigenvalue weighted by atomic mass is 32.1. The molecule has 2 rings (SSSR count). The van der Waals surface area contributed by atoms with Gasteiger partial charge in [-0.3, -0.25) is 9.59 Å². The largest absolute Gasteiger partial charge is 0.314 e. The third kappa shape index (κ3) is 6.43. The maximum atomic E-state index is 13.0. The van der Waals surface area contributed by atoms with E-state index in [1.807, 2.05) is 29.2 Å². The van der Waals surface area contributed by atoms with Crippen LogP contribution < -0.4 is 10.2 Å². The zero-order chi connectivity index (χ0) is 20.0. The number of hydrogen-bond donors (Lipinski definition) is 1. The second-order valence-corrected chi connectivity index (χ2v) is 9.50. The van der Waals surface area contributed by atoms with Crippen molar-refractivity contribution < 1.29 is 9.59 Å². The van der Waals surface area contributed by atoms with Gasteiger partial charge in [0.25, 0.3) is 0 Å². The minimum Gasteiger partial charge on any atom is -0.314 e. The van der Waals surface area contributed by atoms with Crippen molar-refractivity contribution in [3.8, 4) is 0 Å². The number of nitrogens with zero attached hydrogens (tertiary/aromatic N) is 1. The average molecular weight is 389 g/mol. The van der Waals surface area contributed by atoms with E-state index in [-0.39, 0.29) is 11.3 Å². The minimum absolute atomic E-state index is 0.0541. The first-order valence-electron chi connectivity index (χ1n) is 9.76. The van der Waals surface area contributed by atoms with Crippen LogP contribution in [0.15, 0.2) is 24.3 Å². The third-order valence-electron chi connectivity index (χ3n) is 4.59. The van der Waals surface area contributed by atoms with Gasteiger partial charge in [-0.25, -0.2) is 0 Å².